The quantitative estimate of drug-likeness (QED) is 0.749. The molecule has 18 heavy (non-hydrogen) atoms. The van der Waals surface area contributed by atoms with Gasteiger partial charge in [0.15, 0.2) is 0 Å². The second-order valence-corrected chi connectivity index (χ2v) is 8.36. The third-order valence-electron chi connectivity index (χ3n) is 6.08. The number of carbonyl (C=O) groups is 2. The van der Waals surface area contributed by atoms with Crippen molar-refractivity contribution in [2.45, 2.75) is 66.2 Å². The van der Waals surface area contributed by atoms with Crippen LogP contribution in [0, 0.1) is 21.7 Å². The Morgan fingerprint density at radius 3 is 1.28 bits per heavy atom. The van der Waals surface area contributed by atoms with E-state index in [-0.39, 0.29) is 21.7 Å². The first-order chi connectivity index (χ1) is 8.13. The van der Waals surface area contributed by atoms with Gasteiger partial charge >= 0.3 is 0 Å². The summed E-state index contributed by atoms with van der Waals surface area (Å²) in [6.45, 7) is 8.09. The van der Waals surface area contributed by atoms with Crippen LogP contribution >= 0.6 is 0 Å². The van der Waals surface area contributed by atoms with E-state index in [1.807, 2.05) is 0 Å². The zero-order valence-corrected chi connectivity index (χ0v) is 12.1. The number of hydrogen-bond acceptors (Lipinski definition) is 2. The standard InChI is InChI=1S/C16H24O2/c1-11(17)15-6-13(3)5-14(4,7-15)9-16(8-13,10-15)12(2)18/h5-10H2,1-4H3. The molecule has 0 heterocycles. The summed E-state index contributed by atoms with van der Waals surface area (Å²) in [7, 11) is 0. The van der Waals surface area contributed by atoms with Crippen LogP contribution in [-0.4, -0.2) is 11.6 Å². The minimum atomic E-state index is -0.191. The van der Waals surface area contributed by atoms with Gasteiger partial charge in [0.05, 0.1) is 0 Å². The molecule has 0 aromatic heterocycles. The molecule has 4 fully saturated rings. The largest absolute Gasteiger partial charge is 0.299 e. The predicted octanol–water partition coefficient (Wildman–Crippen LogP) is 3.53. The van der Waals surface area contributed by atoms with Gasteiger partial charge in [-0.3, -0.25) is 9.59 Å². The predicted molar refractivity (Wildman–Crippen MR) is 70.1 cm³/mol. The van der Waals surface area contributed by atoms with Gasteiger partial charge in [-0.2, -0.15) is 0 Å². The third kappa shape index (κ3) is 1.41. The van der Waals surface area contributed by atoms with Crippen LogP contribution in [0.25, 0.3) is 0 Å². The fourth-order valence-electron chi connectivity index (χ4n) is 6.44. The van der Waals surface area contributed by atoms with Crippen molar-refractivity contribution in [3.63, 3.8) is 0 Å². The maximum absolute atomic E-state index is 12.2. The van der Waals surface area contributed by atoms with Crippen LogP contribution in [0.4, 0.5) is 0 Å². The van der Waals surface area contributed by atoms with Gasteiger partial charge in [0.2, 0.25) is 0 Å². The molecule has 0 unspecified atom stereocenters. The monoisotopic (exact) mass is 248 g/mol. The van der Waals surface area contributed by atoms with E-state index in [9.17, 15) is 9.59 Å². The summed E-state index contributed by atoms with van der Waals surface area (Å²) >= 11 is 0. The molecule has 0 aromatic carbocycles. The summed E-state index contributed by atoms with van der Waals surface area (Å²) in [5, 5.41) is 0. The molecule has 0 radical (unpaired) electrons. The van der Waals surface area contributed by atoms with E-state index < -0.39 is 0 Å². The van der Waals surface area contributed by atoms with Gasteiger partial charge in [-0.1, -0.05) is 13.8 Å². The fourth-order valence-corrected chi connectivity index (χ4v) is 6.44. The summed E-state index contributed by atoms with van der Waals surface area (Å²) in [5.74, 6) is 0.648. The Bertz CT molecular complexity index is 394. The fraction of sp³-hybridized carbons (Fsp3) is 0.875. The Morgan fingerprint density at radius 2 is 1.00 bits per heavy atom. The van der Waals surface area contributed by atoms with E-state index in [2.05, 4.69) is 13.8 Å². The van der Waals surface area contributed by atoms with E-state index in [0.29, 0.717) is 11.6 Å². The molecule has 0 saturated heterocycles. The first kappa shape index (κ1) is 12.4. The van der Waals surface area contributed by atoms with Crippen LogP contribution in [0.5, 0.6) is 0 Å². The summed E-state index contributed by atoms with van der Waals surface area (Å²) in [5.41, 5.74) is 0.0372. The number of carbonyl (C=O) groups excluding carboxylic acids is 2. The van der Waals surface area contributed by atoms with Crippen molar-refractivity contribution in [1.82, 2.24) is 0 Å². The SMILES string of the molecule is CC(=O)C12CC3(C)CC(C)(C1)CC(C(C)=O)(C3)C2. The zero-order valence-electron chi connectivity index (χ0n) is 12.1. The van der Waals surface area contributed by atoms with Gasteiger partial charge in [-0.05, 0) is 63.2 Å². The van der Waals surface area contributed by atoms with Gasteiger partial charge in [0.25, 0.3) is 0 Å². The number of Topliss-reactive ketones (excluding diaryl/α,β-unsaturated/α-hetero) is 2. The third-order valence-corrected chi connectivity index (χ3v) is 6.08. The van der Waals surface area contributed by atoms with Crippen molar-refractivity contribution >= 4 is 11.6 Å². The van der Waals surface area contributed by atoms with Gasteiger partial charge in [-0.15, -0.1) is 0 Å². The highest BCUT2D eigenvalue weighted by molar-refractivity contribution is 5.88. The molecular weight excluding hydrogens is 224 g/mol. The van der Waals surface area contributed by atoms with Gasteiger partial charge in [0.1, 0.15) is 11.6 Å². The number of rotatable bonds is 2. The van der Waals surface area contributed by atoms with E-state index >= 15 is 0 Å². The van der Waals surface area contributed by atoms with Crippen LogP contribution in [0.2, 0.25) is 0 Å². The number of ketones is 2. The molecule has 4 bridgehead atoms. The minimum Gasteiger partial charge on any atom is -0.299 e. The van der Waals surface area contributed by atoms with Crippen LogP contribution in [-0.2, 0) is 9.59 Å². The molecule has 4 aliphatic carbocycles. The summed E-state index contributed by atoms with van der Waals surface area (Å²) in [4.78, 5) is 24.5. The van der Waals surface area contributed by atoms with Crippen LogP contribution < -0.4 is 0 Å². The van der Waals surface area contributed by atoms with E-state index in [1.165, 1.54) is 6.42 Å². The van der Waals surface area contributed by atoms with Gasteiger partial charge in [0, 0.05) is 10.8 Å². The molecule has 0 N–H and O–H groups in total. The zero-order chi connectivity index (χ0) is 13.4. The Labute approximate surface area is 110 Å². The minimum absolute atomic E-state index is 0.191. The maximum Gasteiger partial charge on any atom is 0.136 e. The molecule has 4 rings (SSSR count). The van der Waals surface area contributed by atoms with Crippen molar-refractivity contribution < 1.29 is 9.59 Å². The Morgan fingerprint density at radius 1 is 0.667 bits per heavy atom. The molecule has 0 amide bonds. The second kappa shape index (κ2) is 3.08. The Kier molecular flexibility index (Phi) is 2.12. The molecular formula is C16H24O2. The lowest BCUT2D eigenvalue weighted by molar-refractivity contribution is -0.195. The van der Waals surface area contributed by atoms with E-state index in [0.717, 1.165) is 32.1 Å². The molecule has 100 valence electrons. The normalized spacial score (nSPS) is 53.6. The average Bonchev–Trinajstić information content (AvgIpc) is 2.10. The van der Waals surface area contributed by atoms with Crippen molar-refractivity contribution in [2.75, 3.05) is 0 Å². The topological polar surface area (TPSA) is 34.1 Å². The average molecular weight is 248 g/mol. The molecule has 4 saturated carbocycles. The van der Waals surface area contributed by atoms with Crippen LogP contribution in [0.1, 0.15) is 66.2 Å². The first-order valence-corrected chi connectivity index (χ1v) is 7.15. The first-order valence-electron chi connectivity index (χ1n) is 7.15. The highest BCUT2D eigenvalue weighted by atomic mass is 16.1. The lowest BCUT2D eigenvalue weighted by Crippen LogP contribution is -2.63. The molecule has 0 aliphatic heterocycles. The van der Waals surface area contributed by atoms with Crippen molar-refractivity contribution in [3.05, 3.63) is 0 Å². The highest BCUT2D eigenvalue weighted by Crippen LogP contribution is 2.73. The molecule has 2 nitrogen and oxygen atoms in total. The lowest BCUT2D eigenvalue weighted by Gasteiger charge is -2.68. The van der Waals surface area contributed by atoms with Gasteiger partial charge in [-0.25, -0.2) is 0 Å². The van der Waals surface area contributed by atoms with Crippen LogP contribution in [0.15, 0.2) is 0 Å². The molecule has 0 atom stereocenters. The van der Waals surface area contributed by atoms with Crippen LogP contribution in [0.3, 0.4) is 0 Å². The summed E-state index contributed by atoms with van der Waals surface area (Å²) < 4.78 is 0. The Hall–Kier alpha value is -0.660. The summed E-state index contributed by atoms with van der Waals surface area (Å²) in [6.07, 6.45) is 6.08. The molecule has 0 spiro atoms. The summed E-state index contributed by atoms with van der Waals surface area (Å²) in [6, 6.07) is 0. The van der Waals surface area contributed by atoms with Gasteiger partial charge < -0.3 is 0 Å². The second-order valence-electron chi connectivity index (χ2n) is 8.36. The van der Waals surface area contributed by atoms with Crippen molar-refractivity contribution in [1.29, 1.82) is 0 Å². The lowest BCUT2D eigenvalue weighted by atomic mass is 9.35. The molecule has 2 heteroatoms. The van der Waals surface area contributed by atoms with Crippen molar-refractivity contribution in [2.24, 2.45) is 21.7 Å². The Balaban J connectivity index is 2.15. The smallest absolute Gasteiger partial charge is 0.136 e. The van der Waals surface area contributed by atoms with E-state index in [1.54, 1.807) is 13.8 Å². The van der Waals surface area contributed by atoms with E-state index in [4.69, 9.17) is 0 Å². The maximum atomic E-state index is 12.2. The molecule has 0 aromatic rings. The molecule has 4 aliphatic rings. The van der Waals surface area contributed by atoms with Crippen molar-refractivity contribution in [3.8, 4) is 0 Å². The highest BCUT2D eigenvalue weighted by Gasteiger charge is 2.68. The number of hydrogen-bond donors (Lipinski definition) is 0.